The summed E-state index contributed by atoms with van der Waals surface area (Å²) in [5.74, 6) is -0.744. The number of halogens is 1. The van der Waals surface area contributed by atoms with Gasteiger partial charge in [0, 0.05) is 37.3 Å². The fourth-order valence-corrected chi connectivity index (χ4v) is 4.92. The van der Waals surface area contributed by atoms with Crippen molar-refractivity contribution in [3.8, 4) is 5.69 Å². The van der Waals surface area contributed by atoms with Crippen LogP contribution >= 0.6 is 11.6 Å². The zero-order valence-corrected chi connectivity index (χ0v) is 19.1. The molecular formula is C25H28ClN3O3. The molecule has 1 saturated heterocycles. The van der Waals surface area contributed by atoms with Crippen molar-refractivity contribution in [3.05, 3.63) is 75.2 Å². The second-order valence-electron chi connectivity index (χ2n) is 8.64. The average Bonchev–Trinajstić information content (AvgIpc) is 2.78. The third-order valence-corrected chi connectivity index (χ3v) is 6.34. The lowest BCUT2D eigenvalue weighted by Crippen LogP contribution is -2.47. The molecule has 168 valence electrons. The Morgan fingerprint density at radius 1 is 1.09 bits per heavy atom. The van der Waals surface area contributed by atoms with E-state index in [-0.39, 0.29) is 27.6 Å². The Morgan fingerprint density at radius 2 is 1.78 bits per heavy atom. The van der Waals surface area contributed by atoms with Gasteiger partial charge in [-0.05, 0) is 30.5 Å². The summed E-state index contributed by atoms with van der Waals surface area (Å²) < 4.78 is 1.58. The highest BCUT2D eigenvalue weighted by Gasteiger charge is 2.33. The Morgan fingerprint density at radius 3 is 2.41 bits per heavy atom. The van der Waals surface area contributed by atoms with E-state index in [1.54, 1.807) is 22.8 Å². The lowest BCUT2D eigenvalue weighted by atomic mass is 9.92. The average molecular weight is 454 g/mol. The quantitative estimate of drug-likeness (QED) is 0.581. The minimum Gasteiger partial charge on any atom is -0.478 e. The van der Waals surface area contributed by atoms with Gasteiger partial charge in [-0.3, -0.25) is 14.3 Å². The van der Waals surface area contributed by atoms with Crippen molar-refractivity contribution >= 4 is 28.3 Å². The number of nitrogens with one attached hydrogen (secondary N) is 1. The molecule has 0 radical (unpaired) electrons. The number of hydrogen-bond donors (Lipinski definition) is 2. The van der Waals surface area contributed by atoms with Gasteiger partial charge in [0.05, 0.1) is 27.7 Å². The van der Waals surface area contributed by atoms with E-state index in [1.807, 2.05) is 30.3 Å². The summed E-state index contributed by atoms with van der Waals surface area (Å²) in [5, 5.41) is 14.7. The maximum Gasteiger partial charge on any atom is 0.338 e. The number of carbonyl (C=O) groups is 1. The molecule has 0 saturated carbocycles. The number of aromatic carboxylic acids is 1. The van der Waals surface area contributed by atoms with Crippen LogP contribution in [0.15, 0.2) is 53.3 Å². The van der Waals surface area contributed by atoms with E-state index in [2.05, 4.69) is 24.1 Å². The first-order chi connectivity index (χ1) is 15.4. The molecule has 0 aliphatic carbocycles. The highest BCUT2D eigenvalue weighted by molar-refractivity contribution is 6.35. The predicted octanol–water partition coefficient (Wildman–Crippen LogP) is 4.33. The second kappa shape index (κ2) is 9.45. The minimum atomic E-state index is -1.05. The molecule has 1 aromatic heterocycles. The molecule has 1 aliphatic rings. The third-order valence-electron chi connectivity index (χ3n) is 6.03. The van der Waals surface area contributed by atoms with E-state index in [1.165, 1.54) is 0 Å². The molecule has 1 fully saturated rings. The van der Waals surface area contributed by atoms with Gasteiger partial charge in [-0.2, -0.15) is 0 Å². The number of piperazine rings is 1. The SMILES string of the molecule is CC(C)CC(c1c(C(=O)O)c2cccc(Cl)c2c(=O)n1-c1ccccc1)N1CCNCC1. The van der Waals surface area contributed by atoms with Gasteiger partial charge in [0.25, 0.3) is 5.56 Å². The Kier molecular flexibility index (Phi) is 6.65. The Bertz CT molecular complexity index is 1180. The molecule has 1 aliphatic heterocycles. The number of fused-ring (bicyclic) bond motifs is 1. The molecular weight excluding hydrogens is 426 g/mol. The van der Waals surface area contributed by atoms with Gasteiger partial charge in [-0.15, -0.1) is 0 Å². The lowest BCUT2D eigenvalue weighted by molar-refractivity contribution is 0.0690. The first kappa shape index (κ1) is 22.5. The maximum absolute atomic E-state index is 13.9. The minimum absolute atomic E-state index is 0.148. The van der Waals surface area contributed by atoms with Crippen LogP contribution in [0.5, 0.6) is 0 Å². The topological polar surface area (TPSA) is 74.6 Å². The van der Waals surface area contributed by atoms with Crippen molar-refractivity contribution < 1.29 is 9.90 Å². The van der Waals surface area contributed by atoms with Crippen molar-refractivity contribution in [1.82, 2.24) is 14.8 Å². The van der Waals surface area contributed by atoms with Gasteiger partial charge in [0.1, 0.15) is 0 Å². The van der Waals surface area contributed by atoms with E-state index in [0.29, 0.717) is 22.7 Å². The molecule has 3 aromatic rings. The molecule has 6 nitrogen and oxygen atoms in total. The number of aromatic nitrogens is 1. The van der Waals surface area contributed by atoms with Crippen molar-refractivity contribution in [2.24, 2.45) is 5.92 Å². The summed E-state index contributed by atoms with van der Waals surface area (Å²) in [6, 6.07) is 14.1. The number of carboxylic acid groups (broad SMARTS) is 1. The van der Waals surface area contributed by atoms with Crippen LogP contribution in [0.4, 0.5) is 0 Å². The number of carboxylic acids is 1. The van der Waals surface area contributed by atoms with Gasteiger partial charge in [0.2, 0.25) is 0 Å². The van der Waals surface area contributed by atoms with Crippen molar-refractivity contribution in [3.63, 3.8) is 0 Å². The maximum atomic E-state index is 13.9. The van der Waals surface area contributed by atoms with E-state index < -0.39 is 5.97 Å². The molecule has 7 heteroatoms. The summed E-state index contributed by atoms with van der Waals surface area (Å²) in [7, 11) is 0. The van der Waals surface area contributed by atoms with Crippen LogP contribution in [0, 0.1) is 5.92 Å². The first-order valence-electron chi connectivity index (χ1n) is 11.0. The van der Waals surface area contributed by atoms with Crippen LogP contribution in [-0.4, -0.2) is 46.7 Å². The highest BCUT2D eigenvalue weighted by Crippen LogP contribution is 2.36. The molecule has 0 amide bonds. The predicted molar refractivity (Wildman–Crippen MR) is 128 cm³/mol. The smallest absolute Gasteiger partial charge is 0.338 e. The summed E-state index contributed by atoms with van der Waals surface area (Å²) in [4.78, 5) is 28.9. The number of hydrogen-bond acceptors (Lipinski definition) is 4. The molecule has 0 spiro atoms. The molecule has 1 atom stereocenters. The Balaban J connectivity index is 2.14. The summed E-state index contributed by atoms with van der Waals surface area (Å²) >= 11 is 6.44. The highest BCUT2D eigenvalue weighted by atomic mass is 35.5. The third kappa shape index (κ3) is 4.18. The fraction of sp³-hybridized carbons (Fsp3) is 0.360. The largest absolute Gasteiger partial charge is 0.478 e. The molecule has 2 aromatic carbocycles. The van der Waals surface area contributed by atoms with Crippen LogP contribution in [0.3, 0.4) is 0 Å². The zero-order chi connectivity index (χ0) is 22.8. The molecule has 32 heavy (non-hydrogen) atoms. The van der Waals surface area contributed by atoms with Crippen LogP contribution in [0.25, 0.3) is 16.5 Å². The molecule has 2 heterocycles. The van der Waals surface area contributed by atoms with E-state index in [0.717, 1.165) is 32.6 Å². The number of nitrogens with zero attached hydrogens (tertiary/aromatic N) is 2. The lowest BCUT2D eigenvalue weighted by Gasteiger charge is -2.38. The van der Waals surface area contributed by atoms with Gasteiger partial charge in [0.15, 0.2) is 0 Å². The number of rotatable bonds is 6. The van der Waals surface area contributed by atoms with Crippen LogP contribution in [0.2, 0.25) is 5.02 Å². The first-order valence-corrected chi connectivity index (χ1v) is 11.4. The van der Waals surface area contributed by atoms with E-state index in [9.17, 15) is 14.7 Å². The molecule has 2 N–H and O–H groups in total. The van der Waals surface area contributed by atoms with Gasteiger partial charge in [-0.1, -0.05) is 55.8 Å². The van der Waals surface area contributed by atoms with Gasteiger partial charge >= 0.3 is 5.97 Å². The van der Waals surface area contributed by atoms with Crippen molar-refractivity contribution in [2.75, 3.05) is 26.2 Å². The molecule has 4 rings (SSSR count). The second-order valence-corrected chi connectivity index (χ2v) is 9.04. The fourth-order valence-electron chi connectivity index (χ4n) is 4.67. The number of para-hydroxylation sites is 1. The number of pyridine rings is 1. The normalized spacial score (nSPS) is 15.9. The van der Waals surface area contributed by atoms with Gasteiger partial charge < -0.3 is 10.4 Å². The van der Waals surface area contributed by atoms with E-state index in [4.69, 9.17) is 11.6 Å². The monoisotopic (exact) mass is 453 g/mol. The summed E-state index contributed by atoms with van der Waals surface area (Å²) in [5.41, 5.74) is 1.02. The van der Waals surface area contributed by atoms with Crippen molar-refractivity contribution in [1.29, 1.82) is 0 Å². The molecule has 0 bridgehead atoms. The van der Waals surface area contributed by atoms with E-state index >= 15 is 0 Å². The Labute approximate surface area is 192 Å². The van der Waals surface area contributed by atoms with Crippen LogP contribution in [0.1, 0.15) is 42.4 Å². The summed E-state index contributed by atoms with van der Waals surface area (Å²) in [6.07, 6.45) is 0.735. The summed E-state index contributed by atoms with van der Waals surface area (Å²) in [6.45, 7) is 7.47. The van der Waals surface area contributed by atoms with Crippen LogP contribution in [-0.2, 0) is 0 Å². The van der Waals surface area contributed by atoms with Gasteiger partial charge in [-0.25, -0.2) is 4.79 Å². The standard InChI is InChI=1S/C25H28ClN3O3/c1-16(2)15-20(28-13-11-27-12-14-28)23-22(25(31)32)18-9-6-10-19(26)21(18)24(30)29(23)17-7-4-3-5-8-17/h3-10,16,20,27H,11-15H2,1-2H3,(H,31,32). The van der Waals surface area contributed by atoms with Crippen molar-refractivity contribution in [2.45, 2.75) is 26.3 Å². The zero-order valence-electron chi connectivity index (χ0n) is 18.3. The molecule has 1 unspecified atom stereocenters. The Hall–Kier alpha value is -2.67. The van der Waals surface area contributed by atoms with Crippen LogP contribution < -0.4 is 10.9 Å². The number of benzene rings is 2.